The minimum atomic E-state index is -1.19. The third-order valence-electron chi connectivity index (χ3n) is 2.41. The van der Waals surface area contributed by atoms with Crippen molar-refractivity contribution >= 4 is 38.0 Å². The van der Waals surface area contributed by atoms with Crippen molar-refractivity contribution < 1.29 is 19.7 Å². The molecular formula is C13H18Br2N2O4. The average Bonchev–Trinajstić information content (AvgIpc) is 2.33. The lowest BCUT2D eigenvalue weighted by Gasteiger charge is -2.23. The predicted octanol–water partition coefficient (Wildman–Crippen LogP) is 2.53. The molecule has 0 aliphatic heterocycles. The number of hydrogen-bond acceptors (Lipinski definition) is 5. The van der Waals surface area contributed by atoms with Crippen LogP contribution in [0.4, 0.5) is 4.79 Å². The summed E-state index contributed by atoms with van der Waals surface area (Å²) in [4.78, 5) is 15.4. The van der Waals surface area contributed by atoms with E-state index >= 15 is 0 Å². The Hall–Kier alpha value is -0.700. The zero-order valence-corrected chi connectivity index (χ0v) is 15.1. The number of aliphatic hydroxyl groups excluding tert-OH is 2. The lowest BCUT2D eigenvalue weighted by atomic mass is 10.1. The first-order valence-corrected chi connectivity index (χ1v) is 7.82. The van der Waals surface area contributed by atoms with Gasteiger partial charge in [0, 0.05) is 33.4 Å². The Bertz CT molecular complexity index is 485. The van der Waals surface area contributed by atoms with Crippen molar-refractivity contribution in [3.05, 3.63) is 26.9 Å². The monoisotopic (exact) mass is 424 g/mol. The van der Waals surface area contributed by atoms with E-state index in [1.54, 1.807) is 20.8 Å². The number of carbonyl (C=O) groups is 1. The molecule has 1 amide bonds. The van der Waals surface area contributed by atoms with Gasteiger partial charge in [0.2, 0.25) is 0 Å². The molecule has 118 valence electrons. The van der Waals surface area contributed by atoms with Gasteiger partial charge >= 0.3 is 6.09 Å². The van der Waals surface area contributed by atoms with Crippen LogP contribution in [0.3, 0.4) is 0 Å². The highest BCUT2D eigenvalue weighted by Crippen LogP contribution is 2.31. The molecule has 0 saturated heterocycles. The van der Waals surface area contributed by atoms with Crippen molar-refractivity contribution in [2.75, 3.05) is 6.54 Å². The summed E-state index contributed by atoms with van der Waals surface area (Å²) in [7, 11) is 0. The van der Waals surface area contributed by atoms with E-state index in [1.807, 2.05) is 0 Å². The molecule has 0 aromatic carbocycles. The summed E-state index contributed by atoms with van der Waals surface area (Å²) in [5.74, 6) is 0. The largest absolute Gasteiger partial charge is 0.444 e. The smallest absolute Gasteiger partial charge is 0.407 e. The predicted molar refractivity (Wildman–Crippen MR) is 84.8 cm³/mol. The summed E-state index contributed by atoms with van der Waals surface area (Å²) < 4.78 is 6.16. The van der Waals surface area contributed by atoms with Crippen LogP contribution >= 0.6 is 31.9 Å². The van der Waals surface area contributed by atoms with Gasteiger partial charge in [-0.1, -0.05) is 0 Å². The van der Waals surface area contributed by atoms with Crippen molar-refractivity contribution in [1.82, 2.24) is 10.3 Å². The van der Waals surface area contributed by atoms with Crippen LogP contribution in [0, 0.1) is 0 Å². The summed E-state index contributed by atoms with van der Waals surface area (Å²) in [5, 5.41) is 22.6. The number of nitrogens with one attached hydrogen (secondary N) is 1. The molecule has 1 aromatic rings. The van der Waals surface area contributed by atoms with Gasteiger partial charge in [-0.2, -0.15) is 0 Å². The Balaban J connectivity index is 2.63. The second kappa shape index (κ2) is 7.53. The third kappa shape index (κ3) is 5.90. The van der Waals surface area contributed by atoms with Gasteiger partial charge in [-0.15, -0.1) is 0 Å². The number of aromatic nitrogens is 1. The van der Waals surface area contributed by atoms with Crippen LogP contribution in [0.1, 0.15) is 32.4 Å². The molecular weight excluding hydrogens is 408 g/mol. The molecule has 0 fully saturated rings. The standard InChI is InChI=1S/C13H18Br2N2O4/c1-13(2,3)21-12(20)17-6-9(18)11(19)10-7(14)4-16-5-8(10)15/h4-5,9,11,18-19H,6H2,1-3H3,(H,17,20). The van der Waals surface area contributed by atoms with Crippen molar-refractivity contribution in [3.63, 3.8) is 0 Å². The summed E-state index contributed by atoms with van der Waals surface area (Å²) in [6.45, 7) is 5.08. The van der Waals surface area contributed by atoms with Crippen LogP contribution in [0.15, 0.2) is 21.3 Å². The normalized spacial score (nSPS) is 14.4. The molecule has 8 heteroatoms. The second-order valence-electron chi connectivity index (χ2n) is 5.41. The van der Waals surface area contributed by atoms with E-state index in [1.165, 1.54) is 12.4 Å². The maximum Gasteiger partial charge on any atom is 0.407 e. The summed E-state index contributed by atoms with van der Waals surface area (Å²) in [5.41, 5.74) is -0.159. The van der Waals surface area contributed by atoms with Crippen LogP contribution in [0.5, 0.6) is 0 Å². The number of amides is 1. The topological polar surface area (TPSA) is 91.7 Å². The zero-order chi connectivity index (χ0) is 16.2. The average molecular weight is 426 g/mol. The molecule has 0 bridgehead atoms. The highest BCUT2D eigenvalue weighted by Gasteiger charge is 2.24. The van der Waals surface area contributed by atoms with E-state index in [0.717, 1.165) is 0 Å². The van der Waals surface area contributed by atoms with Gasteiger partial charge in [-0.3, -0.25) is 4.98 Å². The fourth-order valence-electron chi connectivity index (χ4n) is 1.51. The number of pyridine rings is 1. The molecule has 2 atom stereocenters. The van der Waals surface area contributed by atoms with Crippen molar-refractivity contribution in [2.24, 2.45) is 0 Å². The minimum Gasteiger partial charge on any atom is -0.444 e. The van der Waals surface area contributed by atoms with E-state index in [9.17, 15) is 15.0 Å². The fourth-order valence-corrected chi connectivity index (χ4v) is 2.91. The van der Waals surface area contributed by atoms with Crippen LogP contribution in [0.2, 0.25) is 0 Å². The van der Waals surface area contributed by atoms with Crippen molar-refractivity contribution in [1.29, 1.82) is 0 Å². The molecule has 0 aliphatic carbocycles. The van der Waals surface area contributed by atoms with Crippen LogP contribution < -0.4 is 5.32 Å². The second-order valence-corrected chi connectivity index (χ2v) is 7.12. The van der Waals surface area contributed by atoms with E-state index in [4.69, 9.17) is 4.74 Å². The molecule has 21 heavy (non-hydrogen) atoms. The number of nitrogens with zero attached hydrogens (tertiary/aromatic N) is 1. The van der Waals surface area contributed by atoms with Gasteiger partial charge in [-0.25, -0.2) is 4.79 Å². The highest BCUT2D eigenvalue weighted by atomic mass is 79.9. The molecule has 0 aliphatic rings. The molecule has 1 heterocycles. The molecule has 0 saturated carbocycles. The van der Waals surface area contributed by atoms with Crippen LogP contribution in [0.25, 0.3) is 0 Å². The van der Waals surface area contributed by atoms with Crippen molar-refractivity contribution in [2.45, 2.75) is 38.6 Å². The lowest BCUT2D eigenvalue weighted by molar-refractivity contribution is 0.0122. The van der Waals surface area contributed by atoms with Gasteiger partial charge in [0.15, 0.2) is 0 Å². The molecule has 1 rings (SSSR count). The highest BCUT2D eigenvalue weighted by molar-refractivity contribution is 9.11. The Kier molecular flexibility index (Phi) is 6.58. The number of rotatable bonds is 4. The van der Waals surface area contributed by atoms with Gasteiger partial charge in [0.05, 0.1) is 0 Å². The first-order valence-electron chi connectivity index (χ1n) is 6.23. The number of alkyl carbamates (subject to hydrolysis) is 1. The first-order chi connectivity index (χ1) is 9.61. The summed E-state index contributed by atoms with van der Waals surface area (Å²) in [6.07, 6.45) is -0.00455. The number of carbonyl (C=O) groups excluding carboxylic acids is 1. The molecule has 2 unspecified atom stereocenters. The van der Waals surface area contributed by atoms with E-state index < -0.39 is 23.9 Å². The Morgan fingerprint density at radius 2 is 1.86 bits per heavy atom. The van der Waals surface area contributed by atoms with Gasteiger partial charge in [0.25, 0.3) is 0 Å². The Morgan fingerprint density at radius 1 is 1.33 bits per heavy atom. The quantitative estimate of drug-likeness (QED) is 0.689. The molecule has 0 spiro atoms. The minimum absolute atomic E-state index is 0.142. The molecule has 6 nitrogen and oxygen atoms in total. The Morgan fingerprint density at radius 3 is 2.33 bits per heavy atom. The molecule has 1 aromatic heterocycles. The lowest BCUT2D eigenvalue weighted by Crippen LogP contribution is -2.39. The fraction of sp³-hybridized carbons (Fsp3) is 0.538. The van der Waals surface area contributed by atoms with E-state index in [-0.39, 0.29) is 6.54 Å². The number of halogens is 2. The number of aliphatic hydroxyl groups is 2. The molecule has 0 radical (unpaired) electrons. The summed E-state index contributed by atoms with van der Waals surface area (Å²) >= 11 is 6.52. The summed E-state index contributed by atoms with van der Waals surface area (Å²) in [6, 6.07) is 0. The third-order valence-corrected chi connectivity index (χ3v) is 3.67. The maximum absolute atomic E-state index is 11.5. The number of hydrogen-bond donors (Lipinski definition) is 3. The van der Waals surface area contributed by atoms with Gasteiger partial charge < -0.3 is 20.3 Å². The number of ether oxygens (including phenoxy) is 1. The first kappa shape index (κ1) is 18.3. The van der Waals surface area contributed by atoms with Crippen LogP contribution in [-0.2, 0) is 4.74 Å². The van der Waals surface area contributed by atoms with Crippen molar-refractivity contribution in [3.8, 4) is 0 Å². The van der Waals surface area contributed by atoms with E-state index in [0.29, 0.717) is 14.5 Å². The maximum atomic E-state index is 11.5. The SMILES string of the molecule is CC(C)(C)OC(=O)NCC(O)C(O)c1c(Br)cncc1Br. The molecule has 3 N–H and O–H groups in total. The van der Waals surface area contributed by atoms with Gasteiger partial charge in [-0.05, 0) is 52.6 Å². The zero-order valence-electron chi connectivity index (χ0n) is 11.9. The van der Waals surface area contributed by atoms with E-state index in [2.05, 4.69) is 42.2 Å². The Labute approximate surface area is 140 Å². The van der Waals surface area contributed by atoms with Crippen LogP contribution in [-0.4, -0.2) is 39.5 Å². The van der Waals surface area contributed by atoms with Gasteiger partial charge in [0.1, 0.15) is 17.8 Å².